The molecule has 104 valence electrons. The van der Waals surface area contributed by atoms with Crippen molar-refractivity contribution in [1.29, 1.82) is 0 Å². The number of aromatic nitrogens is 3. The molecule has 0 aromatic carbocycles. The number of hydrogen-bond acceptors (Lipinski definition) is 5. The van der Waals surface area contributed by atoms with Gasteiger partial charge in [-0.1, -0.05) is 0 Å². The molecule has 2 fully saturated rings. The largest absolute Gasteiger partial charge is 0.351 e. The Hall–Kier alpha value is -1.10. The Kier molecular flexibility index (Phi) is 3.48. The number of anilines is 2. The third-order valence-corrected chi connectivity index (χ3v) is 4.15. The lowest BCUT2D eigenvalue weighted by molar-refractivity contribution is 0.676. The molecule has 0 radical (unpaired) electrons. The first kappa shape index (κ1) is 12.9. The van der Waals surface area contributed by atoms with Crippen molar-refractivity contribution in [3.05, 3.63) is 5.28 Å². The fourth-order valence-corrected chi connectivity index (χ4v) is 2.47. The Labute approximate surface area is 118 Å². The highest BCUT2D eigenvalue weighted by Gasteiger charge is 2.29. The van der Waals surface area contributed by atoms with Crippen LogP contribution in [0.4, 0.5) is 11.9 Å². The summed E-state index contributed by atoms with van der Waals surface area (Å²) in [5.74, 6) is 2.64. The smallest absolute Gasteiger partial charge is 0.229 e. The maximum atomic E-state index is 5.97. The zero-order chi connectivity index (χ0) is 13.4. The Morgan fingerprint density at radius 1 is 0.895 bits per heavy atom. The summed E-state index contributed by atoms with van der Waals surface area (Å²) in [4.78, 5) is 12.7. The fraction of sp³-hybridized carbons (Fsp3) is 0.769. The molecular formula is C13H20ClN5. The fourth-order valence-electron chi connectivity index (χ4n) is 2.31. The number of hydrogen-bond donors (Lipinski definition) is 2. The van der Waals surface area contributed by atoms with Gasteiger partial charge in [-0.05, 0) is 63.0 Å². The van der Waals surface area contributed by atoms with E-state index in [4.69, 9.17) is 11.6 Å². The van der Waals surface area contributed by atoms with Crippen LogP contribution in [0, 0.1) is 11.8 Å². The average Bonchev–Trinajstić information content (AvgIpc) is 3.19. The van der Waals surface area contributed by atoms with Crippen molar-refractivity contribution in [2.75, 3.05) is 10.6 Å². The highest BCUT2D eigenvalue weighted by molar-refractivity contribution is 6.28. The van der Waals surface area contributed by atoms with E-state index in [1.807, 2.05) is 0 Å². The summed E-state index contributed by atoms with van der Waals surface area (Å²) in [6.45, 7) is 4.32. The molecule has 2 N–H and O–H groups in total. The predicted molar refractivity (Wildman–Crippen MR) is 76.5 cm³/mol. The van der Waals surface area contributed by atoms with Crippen LogP contribution in [0.1, 0.15) is 39.5 Å². The summed E-state index contributed by atoms with van der Waals surface area (Å²) in [6.07, 6.45) is 5.15. The summed E-state index contributed by atoms with van der Waals surface area (Å²) < 4.78 is 0. The van der Waals surface area contributed by atoms with Gasteiger partial charge in [-0.2, -0.15) is 15.0 Å². The van der Waals surface area contributed by atoms with Gasteiger partial charge in [-0.15, -0.1) is 0 Å². The monoisotopic (exact) mass is 281 g/mol. The molecule has 0 spiro atoms. The van der Waals surface area contributed by atoms with Crippen molar-refractivity contribution < 1.29 is 0 Å². The number of nitrogens with one attached hydrogen (secondary N) is 2. The van der Waals surface area contributed by atoms with Crippen molar-refractivity contribution >= 4 is 23.5 Å². The minimum absolute atomic E-state index is 0.242. The van der Waals surface area contributed by atoms with Crippen LogP contribution in [0.3, 0.4) is 0 Å². The zero-order valence-corrected chi connectivity index (χ0v) is 12.1. The summed E-state index contributed by atoms with van der Waals surface area (Å²) in [7, 11) is 0. The van der Waals surface area contributed by atoms with E-state index in [2.05, 4.69) is 39.4 Å². The van der Waals surface area contributed by atoms with E-state index in [1.54, 1.807) is 0 Å². The van der Waals surface area contributed by atoms with Crippen LogP contribution in [0.2, 0.25) is 5.28 Å². The standard InChI is InChI=1S/C13H20ClN5/c1-7(9-3-4-9)15-12-17-11(14)18-13(19-12)16-8(2)10-5-6-10/h7-10H,3-6H2,1-2H3,(H2,15,16,17,18,19). The quantitative estimate of drug-likeness (QED) is 0.839. The minimum Gasteiger partial charge on any atom is -0.351 e. The zero-order valence-electron chi connectivity index (χ0n) is 11.4. The molecule has 0 aliphatic heterocycles. The van der Waals surface area contributed by atoms with Crippen LogP contribution in [-0.2, 0) is 0 Å². The Morgan fingerprint density at radius 3 is 1.68 bits per heavy atom. The van der Waals surface area contributed by atoms with Gasteiger partial charge in [0.25, 0.3) is 0 Å². The third-order valence-electron chi connectivity index (χ3n) is 3.98. The highest BCUT2D eigenvalue weighted by atomic mass is 35.5. The highest BCUT2D eigenvalue weighted by Crippen LogP contribution is 2.34. The van der Waals surface area contributed by atoms with Crippen molar-refractivity contribution in [1.82, 2.24) is 15.0 Å². The number of rotatable bonds is 6. The second-order valence-electron chi connectivity index (χ2n) is 5.79. The maximum Gasteiger partial charge on any atom is 0.229 e. The van der Waals surface area contributed by atoms with E-state index < -0.39 is 0 Å². The molecule has 2 unspecified atom stereocenters. The van der Waals surface area contributed by atoms with Crippen molar-refractivity contribution in [3.8, 4) is 0 Å². The lowest BCUT2D eigenvalue weighted by atomic mass is 10.2. The first-order valence-electron chi connectivity index (χ1n) is 7.06. The van der Waals surface area contributed by atoms with Crippen LogP contribution in [0.5, 0.6) is 0 Å². The lowest BCUT2D eigenvalue weighted by Crippen LogP contribution is -2.22. The molecular weight excluding hydrogens is 262 g/mol. The molecule has 0 amide bonds. The topological polar surface area (TPSA) is 62.7 Å². The Morgan fingerprint density at radius 2 is 1.32 bits per heavy atom. The maximum absolute atomic E-state index is 5.97. The van der Waals surface area contributed by atoms with Crippen LogP contribution in [0.15, 0.2) is 0 Å². The second kappa shape index (κ2) is 5.12. The van der Waals surface area contributed by atoms with Gasteiger partial charge in [0.05, 0.1) is 0 Å². The van der Waals surface area contributed by atoms with Crippen molar-refractivity contribution in [3.63, 3.8) is 0 Å². The Bertz CT molecular complexity index is 420. The van der Waals surface area contributed by atoms with E-state index >= 15 is 0 Å². The van der Waals surface area contributed by atoms with Crippen LogP contribution in [-0.4, -0.2) is 27.0 Å². The van der Waals surface area contributed by atoms with E-state index in [-0.39, 0.29) is 5.28 Å². The van der Waals surface area contributed by atoms with Crippen LogP contribution in [0.25, 0.3) is 0 Å². The van der Waals surface area contributed by atoms with E-state index in [1.165, 1.54) is 25.7 Å². The first-order valence-corrected chi connectivity index (χ1v) is 7.44. The van der Waals surface area contributed by atoms with Gasteiger partial charge in [0.1, 0.15) is 0 Å². The van der Waals surface area contributed by atoms with Crippen LogP contribution < -0.4 is 10.6 Å². The Balaban J connectivity index is 1.67. The van der Waals surface area contributed by atoms with E-state index in [0.29, 0.717) is 24.0 Å². The number of nitrogens with zero attached hydrogens (tertiary/aromatic N) is 3. The number of halogens is 1. The molecule has 3 rings (SSSR count). The molecule has 2 aliphatic rings. The summed E-state index contributed by atoms with van der Waals surface area (Å²) in [5.41, 5.74) is 0. The van der Waals surface area contributed by atoms with Gasteiger partial charge in [0.2, 0.25) is 17.2 Å². The molecule has 19 heavy (non-hydrogen) atoms. The van der Waals surface area contributed by atoms with E-state index in [0.717, 1.165) is 11.8 Å². The second-order valence-corrected chi connectivity index (χ2v) is 6.13. The molecule has 6 heteroatoms. The third kappa shape index (κ3) is 3.47. The molecule has 1 aromatic rings. The van der Waals surface area contributed by atoms with Gasteiger partial charge in [-0.3, -0.25) is 0 Å². The molecule has 2 saturated carbocycles. The van der Waals surface area contributed by atoms with Gasteiger partial charge < -0.3 is 10.6 Å². The van der Waals surface area contributed by atoms with Gasteiger partial charge in [-0.25, -0.2) is 0 Å². The molecule has 1 heterocycles. The van der Waals surface area contributed by atoms with Gasteiger partial charge in [0.15, 0.2) is 0 Å². The van der Waals surface area contributed by atoms with Gasteiger partial charge in [0, 0.05) is 12.1 Å². The van der Waals surface area contributed by atoms with Crippen molar-refractivity contribution in [2.24, 2.45) is 11.8 Å². The summed E-state index contributed by atoms with van der Waals surface area (Å²) >= 11 is 5.97. The SMILES string of the molecule is CC(Nc1nc(Cl)nc(NC(C)C2CC2)n1)C1CC1. The average molecular weight is 282 g/mol. The molecule has 5 nitrogen and oxygen atoms in total. The predicted octanol–water partition coefficient (Wildman–Crippen LogP) is 2.95. The molecule has 1 aromatic heterocycles. The molecule has 2 atom stereocenters. The molecule has 2 aliphatic carbocycles. The van der Waals surface area contributed by atoms with Crippen molar-refractivity contribution in [2.45, 2.75) is 51.6 Å². The lowest BCUT2D eigenvalue weighted by Gasteiger charge is -2.15. The normalized spacial score (nSPS) is 21.8. The van der Waals surface area contributed by atoms with Crippen LogP contribution >= 0.6 is 11.6 Å². The minimum atomic E-state index is 0.242. The first-order chi connectivity index (χ1) is 9.11. The van der Waals surface area contributed by atoms with Gasteiger partial charge >= 0.3 is 0 Å². The molecule has 0 bridgehead atoms. The summed E-state index contributed by atoms with van der Waals surface area (Å²) in [6, 6.07) is 0.791. The van der Waals surface area contributed by atoms with E-state index in [9.17, 15) is 0 Å². The molecule has 0 saturated heterocycles. The summed E-state index contributed by atoms with van der Waals surface area (Å²) in [5, 5.41) is 6.87.